The minimum absolute atomic E-state index is 0.0828. The molecule has 0 spiro atoms. The van der Waals surface area contributed by atoms with Crippen LogP contribution in [0, 0.1) is 0 Å². The maximum Gasteiger partial charge on any atom is 0.306 e. The van der Waals surface area contributed by atoms with Gasteiger partial charge in [-0.25, -0.2) is 0 Å². The zero-order chi connectivity index (χ0) is 46.5. The summed E-state index contributed by atoms with van der Waals surface area (Å²) in [5, 5.41) is 0. The van der Waals surface area contributed by atoms with Gasteiger partial charge in [0.2, 0.25) is 0 Å². The maximum absolute atomic E-state index is 12.8. The second-order valence-electron chi connectivity index (χ2n) is 18.9. The van der Waals surface area contributed by atoms with Gasteiger partial charge in [-0.3, -0.25) is 14.4 Å². The van der Waals surface area contributed by atoms with Gasteiger partial charge in [-0.1, -0.05) is 256 Å². The Morgan fingerprint density at radius 2 is 0.562 bits per heavy atom. The van der Waals surface area contributed by atoms with Gasteiger partial charge in [-0.15, -0.1) is 0 Å². The zero-order valence-corrected chi connectivity index (χ0v) is 42.8. The van der Waals surface area contributed by atoms with Gasteiger partial charge in [0.25, 0.3) is 0 Å². The summed E-state index contributed by atoms with van der Waals surface area (Å²) in [4.78, 5) is 38.1. The highest BCUT2D eigenvalue weighted by atomic mass is 16.6. The second kappa shape index (κ2) is 53.2. The molecule has 0 N–H and O–H groups in total. The Kier molecular flexibility index (Phi) is 51.3. The number of allylic oxidation sites excluding steroid dienone is 6. The first-order chi connectivity index (χ1) is 31.5. The summed E-state index contributed by atoms with van der Waals surface area (Å²) in [7, 11) is 0. The van der Waals surface area contributed by atoms with Crippen molar-refractivity contribution in [1.82, 2.24) is 0 Å². The molecule has 0 aliphatic rings. The SMILES string of the molecule is CCCCC/C=C\C/C=C\C/C=C\CCCCC(=O)O[C@H](COC(=O)CCCCCCCCCCCCCCCC)COC(=O)CCCCCCCCCCCCCCCCCCC. The highest BCUT2D eigenvalue weighted by molar-refractivity contribution is 5.71. The van der Waals surface area contributed by atoms with Crippen LogP contribution < -0.4 is 0 Å². The van der Waals surface area contributed by atoms with E-state index in [1.165, 1.54) is 186 Å². The second-order valence-corrected chi connectivity index (χ2v) is 18.9. The van der Waals surface area contributed by atoms with E-state index in [4.69, 9.17) is 14.2 Å². The monoisotopic (exact) mass is 899 g/mol. The van der Waals surface area contributed by atoms with Gasteiger partial charge < -0.3 is 14.2 Å². The van der Waals surface area contributed by atoms with Crippen LogP contribution in [-0.2, 0) is 28.6 Å². The molecule has 0 saturated heterocycles. The van der Waals surface area contributed by atoms with Crippen LogP contribution in [0.2, 0.25) is 0 Å². The summed E-state index contributed by atoms with van der Waals surface area (Å²) in [5.74, 6) is -0.904. The molecule has 0 rings (SSSR count). The average molecular weight is 899 g/mol. The fourth-order valence-electron chi connectivity index (χ4n) is 8.16. The van der Waals surface area contributed by atoms with Gasteiger partial charge in [0, 0.05) is 19.3 Å². The van der Waals surface area contributed by atoms with Gasteiger partial charge in [-0.05, 0) is 57.8 Å². The number of ether oxygens (including phenoxy) is 3. The third kappa shape index (κ3) is 50.6. The number of carbonyl (C=O) groups is 3. The van der Waals surface area contributed by atoms with Crippen molar-refractivity contribution in [3.63, 3.8) is 0 Å². The van der Waals surface area contributed by atoms with E-state index in [0.29, 0.717) is 19.3 Å². The Hall–Kier alpha value is -2.37. The van der Waals surface area contributed by atoms with E-state index in [9.17, 15) is 14.4 Å². The van der Waals surface area contributed by atoms with Gasteiger partial charge in [0.05, 0.1) is 0 Å². The third-order valence-corrected chi connectivity index (χ3v) is 12.4. The Labute approximate surface area is 397 Å². The first-order valence-corrected chi connectivity index (χ1v) is 28.0. The van der Waals surface area contributed by atoms with Crippen LogP contribution in [0.4, 0.5) is 0 Å². The van der Waals surface area contributed by atoms with Crippen LogP contribution >= 0.6 is 0 Å². The number of carbonyl (C=O) groups excluding carboxylic acids is 3. The smallest absolute Gasteiger partial charge is 0.306 e. The molecular weight excluding hydrogens is 793 g/mol. The minimum atomic E-state index is -0.787. The summed E-state index contributed by atoms with van der Waals surface area (Å²) < 4.78 is 16.8. The normalized spacial score (nSPS) is 12.2. The highest BCUT2D eigenvalue weighted by Crippen LogP contribution is 2.16. The van der Waals surface area contributed by atoms with E-state index in [2.05, 4.69) is 57.2 Å². The molecule has 0 saturated carbocycles. The highest BCUT2D eigenvalue weighted by Gasteiger charge is 2.19. The summed E-state index contributed by atoms with van der Waals surface area (Å²) in [5.41, 5.74) is 0. The number of unbranched alkanes of at least 4 members (excludes halogenated alkanes) is 34. The van der Waals surface area contributed by atoms with Crippen LogP contribution in [0.25, 0.3) is 0 Å². The standard InChI is InChI=1S/C58H106O6/c1-4-7-10-13-16-19-22-25-28-29-31-33-36-39-42-45-48-51-57(60)63-54-55(53-62-56(59)50-47-44-41-38-35-32-27-24-21-18-15-12-9-6-3)64-58(61)52-49-46-43-40-37-34-30-26-23-20-17-14-11-8-5-2/h17,20,26,30,37,40,55H,4-16,18-19,21-25,27-29,31-36,38-39,41-54H2,1-3H3/b20-17-,30-26-,40-37-/t55-/m1/s1. The van der Waals surface area contributed by atoms with Crippen molar-refractivity contribution in [3.8, 4) is 0 Å². The minimum Gasteiger partial charge on any atom is -0.462 e. The van der Waals surface area contributed by atoms with Gasteiger partial charge in [0.1, 0.15) is 13.2 Å². The van der Waals surface area contributed by atoms with Gasteiger partial charge >= 0.3 is 17.9 Å². The van der Waals surface area contributed by atoms with Gasteiger partial charge in [-0.2, -0.15) is 0 Å². The summed E-state index contributed by atoms with van der Waals surface area (Å²) in [6.07, 6.45) is 62.7. The van der Waals surface area contributed by atoms with Crippen molar-refractivity contribution in [2.75, 3.05) is 13.2 Å². The van der Waals surface area contributed by atoms with E-state index in [-0.39, 0.29) is 37.5 Å². The molecule has 374 valence electrons. The Bertz CT molecular complexity index is 1080. The summed E-state index contributed by atoms with van der Waals surface area (Å²) in [6, 6.07) is 0. The van der Waals surface area contributed by atoms with Crippen LogP contribution in [0.3, 0.4) is 0 Å². The molecule has 0 aromatic heterocycles. The lowest BCUT2D eigenvalue weighted by Crippen LogP contribution is -2.30. The van der Waals surface area contributed by atoms with Crippen molar-refractivity contribution in [2.45, 2.75) is 303 Å². The lowest BCUT2D eigenvalue weighted by atomic mass is 10.0. The molecule has 1 atom stereocenters. The fraction of sp³-hybridized carbons (Fsp3) is 0.845. The average Bonchev–Trinajstić information content (AvgIpc) is 3.29. The molecule has 0 radical (unpaired) electrons. The van der Waals surface area contributed by atoms with E-state index in [1.54, 1.807) is 0 Å². The number of rotatable bonds is 51. The Morgan fingerprint density at radius 3 is 0.906 bits per heavy atom. The summed E-state index contributed by atoms with van der Waals surface area (Å²) >= 11 is 0. The first kappa shape index (κ1) is 61.6. The molecule has 0 aromatic carbocycles. The third-order valence-electron chi connectivity index (χ3n) is 12.4. The van der Waals surface area contributed by atoms with E-state index >= 15 is 0 Å². The molecule has 0 aliphatic heterocycles. The Morgan fingerprint density at radius 1 is 0.312 bits per heavy atom. The van der Waals surface area contributed by atoms with Crippen LogP contribution in [0.15, 0.2) is 36.5 Å². The molecule has 0 bridgehead atoms. The molecule has 64 heavy (non-hydrogen) atoms. The van der Waals surface area contributed by atoms with Crippen LogP contribution in [0.1, 0.15) is 297 Å². The Balaban J connectivity index is 4.38. The molecule has 6 nitrogen and oxygen atoms in total. The number of hydrogen-bond donors (Lipinski definition) is 0. The predicted octanol–water partition coefficient (Wildman–Crippen LogP) is 18.5. The quantitative estimate of drug-likeness (QED) is 0.0262. The molecule has 0 heterocycles. The molecule has 0 aliphatic carbocycles. The largest absolute Gasteiger partial charge is 0.462 e. The van der Waals surface area contributed by atoms with Crippen molar-refractivity contribution >= 4 is 17.9 Å². The first-order valence-electron chi connectivity index (χ1n) is 28.0. The molecule has 0 amide bonds. The van der Waals surface area contributed by atoms with Gasteiger partial charge in [0.15, 0.2) is 6.10 Å². The van der Waals surface area contributed by atoms with E-state index < -0.39 is 6.10 Å². The van der Waals surface area contributed by atoms with Crippen molar-refractivity contribution < 1.29 is 28.6 Å². The molecule has 0 fully saturated rings. The molecule has 0 unspecified atom stereocenters. The zero-order valence-electron chi connectivity index (χ0n) is 42.8. The predicted molar refractivity (Wildman–Crippen MR) is 275 cm³/mol. The van der Waals surface area contributed by atoms with E-state index in [0.717, 1.165) is 64.2 Å². The van der Waals surface area contributed by atoms with E-state index in [1.807, 2.05) is 0 Å². The van der Waals surface area contributed by atoms with Crippen LogP contribution in [-0.4, -0.2) is 37.2 Å². The molecular formula is C58H106O6. The fourth-order valence-corrected chi connectivity index (χ4v) is 8.16. The lowest BCUT2D eigenvalue weighted by molar-refractivity contribution is -0.167. The van der Waals surface area contributed by atoms with Crippen molar-refractivity contribution in [2.24, 2.45) is 0 Å². The number of esters is 3. The maximum atomic E-state index is 12.8. The van der Waals surface area contributed by atoms with Crippen LogP contribution in [0.5, 0.6) is 0 Å². The molecule has 6 heteroatoms. The summed E-state index contributed by atoms with van der Waals surface area (Å²) in [6.45, 7) is 6.62. The van der Waals surface area contributed by atoms with Crippen molar-refractivity contribution in [1.29, 1.82) is 0 Å². The lowest BCUT2D eigenvalue weighted by Gasteiger charge is -2.18. The molecule has 0 aromatic rings. The van der Waals surface area contributed by atoms with Crippen molar-refractivity contribution in [3.05, 3.63) is 36.5 Å². The number of hydrogen-bond acceptors (Lipinski definition) is 6. The topological polar surface area (TPSA) is 78.9 Å².